The molecular formula is C15H11F3O2. The summed E-state index contributed by atoms with van der Waals surface area (Å²) in [7, 11) is 1.39. The lowest BCUT2D eigenvalue weighted by molar-refractivity contribution is 0.101. The van der Waals surface area contributed by atoms with Gasteiger partial charge in [-0.3, -0.25) is 4.79 Å². The number of benzene rings is 2. The fourth-order valence-corrected chi connectivity index (χ4v) is 1.86. The highest BCUT2D eigenvalue weighted by molar-refractivity contribution is 5.96. The van der Waals surface area contributed by atoms with E-state index in [0.29, 0.717) is 16.9 Å². The molecule has 2 aromatic rings. The predicted molar refractivity (Wildman–Crippen MR) is 68.3 cm³/mol. The van der Waals surface area contributed by atoms with Crippen LogP contribution in [0, 0.1) is 17.5 Å². The van der Waals surface area contributed by atoms with Crippen LogP contribution in [0.4, 0.5) is 13.2 Å². The zero-order valence-electron chi connectivity index (χ0n) is 10.8. The van der Waals surface area contributed by atoms with Gasteiger partial charge in [-0.25, -0.2) is 13.2 Å². The minimum absolute atomic E-state index is 0.0985. The number of halogens is 3. The first-order valence-corrected chi connectivity index (χ1v) is 5.78. The molecule has 0 aliphatic heterocycles. The summed E-state index contributed by atoms with van der Waals surface area (Å²) in [5, 5.41) is 0. The molecule has 0 heterocycles. The van der Waals surface area contributed by atoms with Crippen molar-refractivity contribution in [3.63, 3.8) is 0 Å². The summed E-state index contributed by atoms with van der Waals surface area (Å²) in [6, 6.07) is 6.24. The van der Waals surface area contributed by atoms with Crippen LogP contribution >= 0.6 is 0 Å². The Kier molecular flexibility index (Phi) is 3.79. The number of Topliss-reactive ketones (excluding diaryl/α,β-unsaturated/α-hetero) is 1. The van der Waals surface area contributed by atoms with Gasteiger partial charge in [0, 0.05) is 11.1 Å². The van der Waals surface area contributed by atoms with Gasteiger partial charge in [-0.05, 0) is 42.8 Å². The van der Waals surface area contributed by atoms with Crippen LogP contribution < -0.4 is 4.74 Å². The molecule has 0 atom stereocenters. The molecule has 0 bridgehead atoms. The molecule has 2 nitrogen and oxygen atoms in total. The highest BCUT2D eigenvalue weighted by Gasteiger charge is 2.15. The summed E-state index contributed by atoms with van der Waals surface area (Å²) in [5.74, 6) is -3.99. The minimum Gasteiger partial charge on any atom is -0.496 e. The maximum absolute atomic E-state index is 13.3. The molecule has 2 rings (SSSR count). The Hall–Kier alpha value is -2.30. The minimum atomic E-state index is -1.53. The lowest BCUT2D eigenvalue weighted by Gasteiger charge is -2.11. The van der Waals surface area contributed by atoms with E-state index >= 15 is 0 Å². The van der Waals surface area contributed by atoms with E-state index in [-0.39, 0.29) is 11.3 Å². The van der Waals surface area contributed by atoms with E-state index in [1.54, 1.807) is 6.07 Å². The molecule has 0 radical (unpaired) electrons. The summed E-state index contributed by atoms with van der Waals surface area (Å²) < 4.78 is 44.7. The average molecular weight is 280 g/mol. The van der Waals surface area contributed by atoms with Crippen LogP contribution in [0.5, 0.6) is 5.75 Å². The molecule has 0 saturated carbocycles. The first-order chi connectivity index (χ1) is 9.43. The van der Waals surface area contributed by atoms with E-state index in [4.69, 9.17) is 4.74 Å². The second-order valence-corrected chi connectivity index (χ2v) is 4.23. The SMILES string of the molecule is COc1ccc(C(C)=O)cc1-c1cc(F)c(F)c(F)c1. The van der Waals surface area contributed by atoms with Gasteiger partial charge in [0.1, 0.15) is 5.75 Å². The molecule has 0 aromatic heterocycles. The van der Waals surface area contributed by atoms with Crippen molar-refractivity contribution in [1.82, 2.24) is 0 Å². The van der Waals surface area contributed by atoms with Crippen LogP contribution in [-0.2, 0) is 0 Å². The average Bonchev–Trinajstić information content (AvgIpc) is 2.43. The molecule has 0 amide bonds. The van der Waals surface area contributed by atoms with Gasteiger partial charge in [0.15, 0.2) is 23.2 Å². The van der Waals surface area contributed by atoms with Gasteiger partial charge in [0.05, 0.1) is 7.11 Å². The zero-order valence-corrected chi connectivity index (χ0v) is 10.8. The fraction of sp³-hybridized carbons (Fsp3) is 0.133. The lowest BCUT2D eigenvalue weighted by atomic mass is 10.00. The smallest absolute Gasteiger partial charge is 0.194 e. The first-order valence-electron chi connectivity index (χ1n) is 5.78. The van der Waals surface area contributed by atoms with E-state index in [1.807, 2.05) is 0 Å². The number of methoxy groups -OCH3 is 1. The summed E-state index contributed by atoms with van der Waals surface area (Å²) in [6.45, 7) is 1.37. The molecular weight excluding hydrogens is 269 g/mol. The number of hydrogen-bond donors (Lipinski definition) is 0. The Balaban J connectivity index is 2.67. The van der Waals surface area contributed by atoms with Crippen LogP contribution in [0.3, 0.4) is 0 Å². The van der Waals surface area contributed by atoms with Crippen molar-refractivity contribution in [2.75, 3.05) is 7.11 Å². The van der Waals surface area contributed by atoms with Crippen molar-refractivity contribution in [2.24, 2.45) is 0 Å². The Morgan fingerprint density at radius 2 is 1.65 bits per heavy atom. The van der Waals surface area contributed by atoms with Crippen LogP contribution in [0.15, 0.2) is 30.3 Å². The molecule has 2 aromatic carbocycles. The van der Waals surface area contributed by atoms with Gasteiger partial charge in [0.25, 0.3) is 0 Å². The number of rotatable bonds is 3. The van der Waals surface area contributed by atoms with E-state index in [0.717, 1.165) is 12.1 Å². The number of carbonyl (C=O) groups is 1. The summed E-state index contributed by atoms with van der Waals surface area (Å²) in [6.07, 6.45) is 0. The van der Waals surface area contributed by atoms with Crippen molar-refractivity contribution < 1.29 is 22.7 Å². The van der Waals surface area contributed by atoms with Crippen LogP contribution in [-0.4, -0.2) is 12.9 Å². The summed E-state index contributed by atoms with van der Waals surface area (Å²) in [4.78, 5) is 11.4. The zero-order chi connectivity index (χ0) is 14.9. The standard InChI is InChI=1S/C15H11F3O2/c1-8(19)9-3-4-14(20-2)11(5-9)10-6-12(16)15(18)13(17)7-10/h3-7H,1-2H3. The Bertz CT molecular complexity index is 658. The van der Waals surface area contributed by atoms with Crippen LogP contribution in [0.25, 0.3) is 11.1 Å². The molecule has 5 heteroatoms. The quantitative estimate of drug-likeness (QED) is 0.628. The highest BCUT2D eigenvalue weighted by atomic mass is 19.2. The van der Waals surface area contributed by atoms with Crippen molar-refractivity contribution in [3.05, 3.63) is 53.3 Å². The van der Waals surface area contributed by atoms with Gasteiger partial charge in [0.2, 0.25) is 0 Å². The van der Waals surface area contributed by atoms with Gasteiger partial charge in [-0.2, -0.15) is 0 Å². The van der Waals surface area contributed by atoms with Gasteiger partial charge in [-0.15, -0.1) is 0 Å². The van der Waals surface area contributed by atoms with Gasteiger partial charge < -0.3 is 4.74 Å². The molecule has 0 N–H and O–H groups in total. The third-order valence-corrected chi connectivity index (χ3v) is 2.90. The lowest BCUT2D eigenvalue weighted by Crippen LogP contribution is -1.97. The Morgan fingerprint density at radius 1 is 1.05 bits per heavy atom. The van der Waals surface area contributed by atoms with E-state index in [1.165, 1.54) is 26.2 Å². The predicted octanol–water partition coefficient (Wildman–Crippen LogP) is 3.98. The molecule has 0 aliphatic carbocycles. The Morgan fingerprint density at radius 3 is 2.15 bits per heavy atom. The van der Waals surface area contributed by atoms with E-state index in [9.17, 15) is 18.0 Å². The van der Waals surface area contributed by atoms with E-state index < -0.39 is 17.5 Å². The maximum atomic E-state index is 13.3. The molecule has 0 spiro atoms. The normalized spacial score (nSPS) is 10.4. The molecule has 20 heavy (non-hydrogen) atoms. The largest absolute Gasteiger partial charge is 0.496 e. The van der Waals surface area contributed by atoms with E-state index in [2.05, 4.69) is 0 Å². The first kappa shape index (κ1) is 14.1. The van der Waals surface area contributed by atoms with Crippen molar-refractivity contribution >= 4 is 5.78 Å². The van der Waals surface area contributed by atoms with Crippen molar-refractivity contribution in [1.29, 1.82) is 0 Å². The second kappa shape index (κ2) is 5.36. The van der Waals surface area contributed by atoms with Crippen LogP contribution in [0.1, 0.15) is 17.3 Å². The number of carbonyl (C=O) groups excluding carboxylic acids is 1. The van der Waals surface area contributed by atoms with Gasteiger partial charge in [-0.1, -0.05) is 0 Å². The third-order valence-electron chi connectivity index (χ3n) is 2.90. The molecule has 104 valence electrons. The monoisotopic (exact) mass is 280 g/mol. The molecule has 0 unspecified atom stereocenters. The van der Waals surface area contributed by atoms with Crippen LogP contribution in [0.2, 0.25) is 0 Å². The van der Waals surface area contributed by atoms with Crippen molar-refractivity contribution in [2.45, 2.75) is 6.92 Å². The molecule has 0 fully saturated rings. The maximum Gasteiger partial charge on any atom is 0.194 e. The van der Waals surface area contributed by atoms with Crippen molar-refractivity contribution in [3.8, 4) is 16.9 Å². The topological polar surface area (TPSA) is 26.3 Å². The number of ketones is 1. The summed E-state index contributed by atoms with van der Waals surface area (Å²) >= 11 is 0. The Labute approximate surface area is 113 Å². The number of hydrogen-bond acceptors (Lipinski definition) is 2. The summed E-state index contributed by atoms with van der Waals surface area (Å²) in [5.41, 5.74) is 0.783. The highest BCUT2D eigenvalue weighted by Crippen LogP contribution is 2.32. The fourth-order valence-electron chi connectivity index (χ4n) is 1.86. The number of ether oxygens (including phenoxy) is 1. The molecule has 0 aliphatic rings. The molecule has 0 saturated heterocycles. The third kappa shape index (κ3) is 2.52. The second-order valence-electron chi connectivity index (χ2n) is 4.23. The van der Waals surface area contributed by atoms with Gasteiger partial charge >= 0.3 is 0 Å².